The van der Waals surface area contributed by atoms with Crippen LogP contribution in [0.1, 0.15) is 28.9 Å². The molecule has 1 aromatic carbocycles. The highest BCUT2D eigenvalue weighted by atomic mass is 16.5. The number of allylic oxidation sites excluding steroid dienone is 2. The van der Waals surface area contributed by atoms with Gasteiger partial charge >= 0.3 is 0 Å². The average molecular weight is 379 g/mol. The lowest BCUT2D eigenvalue weighted by Crippen LogP contribution is -2.26. The van der Waals surface area contributed by atoms with Crippen molar-refractivity contribution in [1.29, 1.82) is 0 Å². The van der Waals surface area contributed by atoms with E-state index < -0.39 is 0 Å². The van der Waals surface area contributed by atoms with Crippen LogP contribution in [-0.2, 0) is 0 Å². The number of carbonyl (C=O) groups excluding carboxylic acids is 1. The van der Waals surface area contributed by atoms with Crippen LogP contribution in [0.2, 0.25) is 0 Å². The number of hydrogen-bond donors (Lipinski definition) is 3. The van der Waals surface area contributed by atoms with Crippen molar-refractivity contribution in [2.24, 2.45) is 0 Å². The SMILES string of the molecule is CNc1cc(C)nc(Nc2ccc(OC)c(C(=O)NCC3=CCCC=C3)c2)n1. The first kappa shape index (κ1) is 19.4. The molecule has 0 unspecified atom stereocenters. The van der Waals surface area contributed by atoms with Crippen LogP contribution in [0.3, 0.4) is 0 Å². The van der Waals surface area contributed by atoms with Crippen LogP contribution < -0.4 is 20.7 Å². The maximum absolute atomic E-state index is 12.7. The molecule has 1 aromatic heterocycles. The molecule has 0 atom stereocenters. The van der Waals surface area contributed by atoms with Crippen molar-refractivity contribution in [3.05, 3.63) is 59.3 Å². The fourth-order valence-electron chi connectivity index (χ4n) is 2.92. The van der Waals surface area contributed by atoms with Crippen molar-refractivity contribution in [2.75, 3.05) is 31.3 Å². The summed E-state index contributed by atoms with van der Waals surface area (Å²) in [5, 5.41) is 9.11. The van der Waals surface area contributed by atoms with E-state index >= 15 is 0 Å². The molecule has 7 nitrogen and oxygen atoms in total. The van der Waals surface area contributed by atoms with E-state index in [9.17, 15) is 4.79 Å². The highest BCUT2D eigenvalue weighted by Crippen LogP contribution is 2.25. The third kappa shape index (κ3) is 4.88. The molecule has 0 bridgehead atoms. The number of nitrogens with zero attached hydrogens (tertiary/aromatic N) is 2. The van der Waals surface area contributed by atoms with Crippen LogP contribution in [0.15, 0.2) is 48.1 Å². The Kier molecular flexibility index (Phi) is 6.26. The van der Waals surface area contributed by atoms with E-state index in [0.29, 0.717) is 29.5 Å². The van der Waals surface area contributed by atoms with Gasteiger partial charge in [-0.3, -0.25) is 4.79 Å². The highest BCUT2D eigenvalue weighted by Gasteiger charge is 2.14. The molecule has 2 aromatic rings. The van der Waals surface area contributed by atoms with Gasteiger partial charge in [0.15, 0.2) is 0 Å². The molecule has 7 heteroatoms. The van der Waals surface area contributed by atoms with Gasteiger partial charge in [-0.05, 0) is 43.5 Å². The van der Waals surface area contributed by atoms with Crippen molar-refractivity contribution >= 4 is 23.4 Å². The monoisotopic (exact) mass is 379 g/mol. The van der Waals surface area contributed by atoms with Gasteiger partial charge in [0.2, 0.25) is 5.95 Å². The molecule has 0 radical (unpaired) electrons. The van der Waals surface area contributed by atoms with Gasteiger partial charge in [0, 0.05) is 31.0 Å². The van der Waals surface area contributed by atoms with Gasteiger partial charge in [0.05, 0.1) is 12.7 Å². The fraction of sp³-hybridized carbons (Fsp3) is 0.286. The number of hydrogen-bond acceptors (Lipinski definition) is 6. The Bertz CT molecular complexity index is 921. The number of amides is 1. The van der Waals surface area contributed by atoms with Gasteiger partial charge in [0.1, 0.15) is 11.6 Å². The normalized spacial score (nSPS) is 12.9. The molecular weight excluding hydrogens is 354 g/mol. The summed E-state index contributed by atoms with van der Waals surface area (Å²) < 4.78 is 5.36. The molecule has 1 aliphatic carbocycles. The van der Waals surface area contributed by atoms with Crippen molar-refractivity contribution in [1.82, 2.24) is 15.3 Å². The number of carbonyl (C=O) groups is 1. The summed E-state index contributed by atoms with van der Waals surface area (Å²) in [5.74, 6) is 1.49. The number of rotatable bonds is 7. The number of methoxy groups -OCH3 is 1. The molecule has 1 amide bonds. The molecule has 0 saturated heterocycles. The summed E-state index contributed by atoms with van der Waals surface area (Å²) in [4.78, 5) is 21.5. The molecule has 0 spiro atoms. The predicted octanol–water partition coefficient (Wildman–Crippen LogP) is 3.59. The Balaban J connectivity index is 1.77. The molecule has 146 valence electrons. The van der Waals surface area contributed by atoms with Crippen molar-refractivity contribution in [3.63, 3.8) is 0 Å². The van der Waals surface area contributed by atoms with E-state index in [4.69, 9.17) is 4.74 Å². The summed E-state index contributed by atoms with van der Waals surface area (Å²) >= 11 is 0. The van der Waals surface area contributed by atoms with Gasteiger partial charge in [-0.25, -0.2) is 4.98 Å². The average Bonchev–Trinajstić information content (AvgIpc) is 2.72. The quantitative estimate of drug-likeness (QED) is 0.681. The second-order valence-corrected chi connectivity index (χ2v) is 6.45. The Hall–Kier alpha value is -3.35. The summed E-state index contributed by atoms with van der Waals surface area (Å²) in [6.07, 6.45) is 8.37. The third-order valence-corrected chi connectivity index (χ3v) is 4.34. The lowest BCUT2D eigenvalue weighted by molar-refractivity contribution is 0.0954. The summed E-state index contributed by atoms with van der Waals surface area (Å²) in [6.45, 7) is 2.39. The van der Waals surface area contributed by atoms with Crippen molar-refractivity contribution in [3.8, 4) is 5.75 Å². The van der Waals surface area contributed by atoms with Crippen LogP contribution >= 0.6 is 0 Å². The van der Waals surface area contributed by atoms with Crippen molar-refractivity contribution in [2.45, 2.75) is 19.8 Å². The van der Waals surface area contributed by atoms with Crippen LogP contribution in [0.4, 0.5) is 17.5 Å². The molecule has 1 aliphatic rings. The van der Waals surface area contributed by atoms with Gasteiger partial charge in [-0.1, -0.05) is 18.2 Å². The van der Waals surface area contributed by atoms with E-state index in [1.165, 1.54) is 0 Å². The number of benzene rings is 1. The van der Waals surface area contributed by atoms with Crippen LogP contribution in [-0.4, -0.2) is 36.6 Å². The molecule has 3 N–H and O–H groups in total. The highest BCUT2D eigenvalue weighted by molar-refractivity contribution is 5.98. The smallest absolute Gasteiger partial charge is 0.255 e. The molecule has 3 rings (SSSR count). The number of nitrogens with one attached hydrogen (secondary N) is 3. The predicted molar refractivity (Wildman–Crippen MR) is 111 cm³/mol. The number of anilines is 3. The number of aryl methyl sites for hydroxylation is 1. The molecule has 0 aliphatic heterocycles. The van der Waals surface area contributed by atoms with E-state index in [1.54, 1.807) is 26.3 Å². The Labute approximate surface area is 164 Å². The van der Waals surface area contributed by atoms with Crippen molar-refractivity contribution < 1.29 is 9.53 Å². The van der Waals surface area contributed by atoms with E-state index in [0.717, 1.165) is 29.9 Å². The third-order valence-electron chi connectivity index (χ3n) is 4.34. The van der Waals surface area contributed by atoms with Gasteiger partial charge in [0.25, 0.3) is 5.91 Å². The van der Waals surface area contributed by atoms with Crippen LogP contribution in [0, 0.1) is 6.92 Å². The van der Waals surface area contributed by atoms with E-state index in [-0.39, 0.29) is 5.91 Å². The summed E-state index contributed by atoms with van der Waals surface area (Å²) in [6, 6.07) is 7.18. The zero-order valence-corrected chi connectivity index (χ0v) is 16.4. The summed E-state index contributed by atoms with van der Waals surface area (Å²) in [5.41, 5.74) is 3.10. The first-order valence-electron chi connectivity index (χ1n) is 9.21. The topological polar surface area (TPSA) is 88.2 Å². The molecule has 1 heterocycles. The van der Waals surface area contributed by atoms with Gasteiger partial charge in [-0.2, -0.15) is 4.98 Å². The van der Waals surface area contributed by atoms with E-state index in [1.807, 2.05) is 25.1 Å². The zero-order valence-electron chi connectivity index (χ0n) is 16.4. The minimum absolute atomic E-state index is 0.193. The molecule has 0 saturated carbocycles. The largest absolute Gasteiger partial charge is 0.496 e. The van der Waals surface area contributed by atoms with Gasteiger partial charge in [-0.15, -0.1) is 0 Å². The molecular formula is C21H25N5O2. The summed E-state index contributed by atoms with van der Waals surface area (Å²) in [7, 11) is 3.35. The number of ether oxygens (including phenoxy) is 1. The first-order valence-corrected chi connectivity index (χ1v) is 9.21. The Morgan fingerprint density at radius 3 is 2.79 bits per heavy atom. The van der Waals surface area contributed by atoms with Gasteiger partial charge < -0.3 is 20.7 Å². The lowest BCUT2D eigenvalue weighted by atomic mass is 10.1. The first-order chi connectivity index (χ1) is 13.6. The molecule has 28 heavy (non-hydrogen) atoms. The van der Waals surface area contributed by atoms with E-state index in [2.05, 4.69) is 38.1 Å². The zero-order chi connectivity index (χ0) is 19.9. The second-order valence-electron chi connectivity index (χ2n) is 6.45. The second kappa shape index (κ2) is 9.03. The maximum atomic E-state index is 12.7. The Morgan fingerprint density at radius 1 is 1.21 bits per heavy atom. The maximum Gasteiger partial charge on any atom is 0.255 e. The molecule has 0 fully saturated rings. The fourth-order valence-corrected chi connectivity index (χ4v) is 2.92. The standard InChI is InChI=1S/C21H25N5O2/c1-14-11-19(22-2)26-21(24-14)25-16-9-10-18(28-3)17(12-16)20(27)23-13-15-7-5-4-6-8-15/h5,7-12H,4,6,13H2,1-3H3,(H,23,27)(H2,22,24,25,26). The minimum atomic E-state index is -0.193. The lowest BCUT2D eigenvalue weighted by Gasteiger charge is -2.13. The van der Waals surface area contributed by atoms with Crippen LogP contribution in [0.5, 0.6) is 5.75 Å². The van der Waals surface area contributed by atoms with Crippen LogP contribution in [0.25, 0.3) is 0 Å². The minimum Gasteiger partial charge on any atom is -0.496 e. The Morgan fingerprint density at radius 2 is 2.07 bits per heavy atom. The number of aromatic nitrogens is 2.